The molecule has 35 heavy (non-hydrogen) atoms. The third kappa shape index (κ3) is 3.40. The maximum Gasteiger partial charge on any atom is 0.420 e. The molecule has 7 heteroatoms. The Morgan fingerprint density at radius 2 is 1.60 bits per heavy atom. The Balaban J connectivity index is 1.63. The number of hydrogen-bond acceptors (Lipinski definition) is 5. The monoisotopic (exact) mass is 474 g/mol. The number of aromatic nitrogens is 1. The minimum atomic E-state index is -1.62. The largest absolute Gasteiger partial charge is 0.486 e. The quantitative estimate of drug-likeness (QED) is 0.559. The fraction of sp³-hybridized carbons (Fsp3) is 0.357. The van der Waals surface area contributed by atoms with Gasteiger partial charge in [-0.2, -0.15) is 0 Å². The van der Waals surface area contributed by atoms with Gasteiger partial charge >= 0.3 is 6.09 Å². The Kier molecular flexibility index (Phi) is 5.38. The number of para-hydroxylation sites is 1. The molecular weight excluding hydrogens is 444 g/mol. The van der Waals surface area contributed by atoms with E-state index in [0.717, 1.165) is 22.6 Å². The summed E-state index contributed by atoms with van der Waals surface area (Å²) in [5.74, 6) is -0.210. The van der Waals surface area contributed by atoms with Crippen LogP contribution < -0.4 is 0 Å². The number of allylic oxidation sites excluding steroid dienone is 2. The first-order valence-corrected chi connectivity index (χ1v) is 11.9. The van der Waals surface area contributed by atoms with Crippen LogP contribution in [0.3, 0.4) is 0 Å². The molecule has 3 aliphatic rings. The summed E-state index contributed by atoms with van der Waals surface area (Å²) in [5, 5.41) is 0. The topological polar surface area (TPSA) is 70.0 Å². The average Bonchev–Trinajstić information content (AvgIpc) is 3.32. The summed E-state index contributed by atoms with van der Waals surface area (Å²) in [6.45, 7) is 11.5. The van der Waals surface area contributed by atoms with E-state index in [4.69, 9.17) is 14.2 Å². The van der Waals surface area contributed by atoms with E-state index in [0.29, 0.717) is 5.70 Å². The summed E-state index contributed by atoms with van der Waals surface area (Å²) in [6.07, 6.45) is 4.48. The lowest BCUT2D eigenvalue weighted by Gasteiger charge is -2.40. The number of ether oxygens (including phenoxy) is 3. The van der Waals surface area contributed by atoms with Crippen LogP contribution in [0.25, 0.3) is 5.69 Å². The van der Waals surface area contributed by atoms with Crippen LogP contribution in [0.15, 0.2) is 72.0 Å². The van der Waals surface area contributed by atoms with Gasteiger partial charge in [0.15, 0.2) is 0 Å². The normalized spacial score (nSPS) is 23.1. The van der Waals surface area contributed by atoms with E-state index in [1.807, 2.05) is 52.0 Å². The second kappa shape index (κ2) is 8.18. The van der Waals surface area contributed by atoms with E-state index in [9.17, 15) is 9.59 Å². The second-order valence-corrected chi connectivity index (χ2v) is 9.67. The van der Waals surface area contributed by atoms with Crippen molar-refractivity contribution in [1.82, 2.24) is 9.47 Å². The van der Waals surface area contributed by atoms with Gasteiger partial charge in [0.05, 0.1) is 17.9 Å². The Morgan fingerprint density at radius 3 is 2.26 bits per heavy atom. The predicted molar refractivity (Wildman–Crippen MR) is 131 cm³/mol. The number of Topliss-reactive ketones (excluding diaryl/α,β-unsaturated/α-hetero) is 1. The minimum absolute atomic E-state index is 0.120. The molecule has 5 rings (SSSR count). The highest BCUT2D eigenvalue weighted by Gasteiger charge is 2.69. The van der Waals surface area contributed by atoms with Gasteiger partial charge in [-0.25, -0.2) is 4.79 Å². The van der Waals surface area contributed by atoms with Crippen molar-refractivity contribution in [3.63, 3.8) is 0 Å². The van der Waals surface area contributed by atoms with Crippen LogP contribution in [0.4, 0.5) is 4.79 Å². The number of benzene rings is 1. The number of carbonyl (C=O) groups is 2. The molecule has 1 amide bonds. The molecule has 0 N–H and O–H groups in total. The standard InChI is InChI=1S/C28H30N2O5/c1-16(2)33-24-25(31)28(26(24)34-17(3)4)23-15-20(13-14-29(23)27(32)35-28)21-9-7-8-10-22(21)30-18(5)11-12-19(30)6/h7-17,20H,1-6H3. The van der Waals surface area contributed by atoms with E-state index >= 15 is 0 Å². The highest BCUT2D eigenvalue weighted by Crippen LogP contribution is 2.52. The molecule has 2 aliphatic heterocycles. The molecule has 1 aliphatic carbocycles. The molecule has 1 spiro atoms. The number of aryl methyl sites for hydroxylation is 2. The van der Waals surface area contributed by atoms with E-state index < -0.39 is 17.5 Å². The number of nitrogens with zero attached hydrogens (tertiary/aromatic N) is 2. The smallest absolute Gasteiger partial charge is 0.420 e. The lowest BCUT2D eigenvalue weighted by atomic mass is 9.77. The zero-order valence-corrected chi connectivity index (χ0v) is 20.9. The van der Waals surface area contributed by atoms with Gasteiger partial charge in [-0.15, -0.1) is 0 Å². The first-order chi connectivity index (χ1) is 16.6. The first-order valence-electron chi connectivity index (χ1n) is 11.9. The maximum absolute atomic E-state index is 13.5. The van der Waals surface area contributed by atoms with Gasteiger partial charge in [0.1, 0.15) is 0 Å². The molecule has 1 aromatic heterocycles. The van der Waals surface area contributed by atoms with E-state index in [2.05, 4.69) is 42.7 Å². The summed E-state index contributed by atoms with van der Waals surface area (Å²) >= 11 is 0. The van der Waals surface area contributed by atoms with Crippen molar-refractivity contribution in [3.8, 4) is 5.69 Å². The molecule has 0 radical (unpaired) electrons. The number of rotatable bonds is 6. The Hall–Kier alpha value is -3.74. The Morgan fingerprint density at radius 1 is 0.943 bits per heavy atom. The van der Waals surface area contributed by atoms with Crippen molar-refractivity contribution in [1.29, 1.82) is 0 Å². The lowest BCUT2D eigenvalue weighted by Crippen LogP contribution is -2.55. The zero-order chi connectivity index (χ0) is 25.1. The van der Waals surface area contributed by atoms with Crippen LogP contribution >= 0.6 is 0 Å². The van der Waals surface area contributed by atoms with Crippen molar-refractivity contribution in [2.75, 3.05) is 0 Å². The van der Waals surface area contributed by atoms with Crippen LogP contribution in [0, 0.1) is 13.8 Å². The predicted octanol–water partition coefficient (Wildman–Crippen LogP) is 5.42. The SMILES string of the molecule is Cc1ccc(C)n1-c1ccccc1C1C=CN2C(=O)OC3(C(=O)C(OC(C)C)=C3OC(C)C)C2=C1. The van der Waals surface area contributed by atoms with E-state index in [1.165, 1.54) is 4.90 Å². The number of ketones is 1. The molecular formula is C28H30N2O5. The number of fused-ring (bicyclic) bond motifs is 2. The van der Waals surface area contributed by atoms with Gasteiger partial charge < -0.3 is 18.8 Å². The van der Waals surface area contributed by atoms with Crippen molar-refractivity contribution in [3.05, 3.63) is 88.9 Å². The van der Waals surface area contributed by atoms with Gasteiger partial charge in [-0.3, -0.25) is 9.69 Å². The van der Waals surface area contributed by atoms with Crippen molar-refractivity contribution in [2.24, 2.45) is 0 Å². The number of hydrogen-bond donors (Lipinski definition) is 0. The number of amides is 1. The highest BCUT2D eigenvalue weighted by atomic mass is 16.6. The third-order valence-electron chi connectivity index (χ3n) is 6.40. The Bertz CT molecular complexity index is 1290. The average molecular weight is 475 g/mol. The summed E-state index contributed by atoms with van der Waals surface area (Å²) in [5.41, 5.74) is 3.17. The molecule has 1 saturated heterocycles. The van der Waals surface area contributed by atoms with Crippen LogP contribution in [-0.4, -0.2) is 39.2 Å². The van der Waals surface area contributed by atoms with Crippen molar-refractivity contribution >= 4 is 11.9 Å². The van der Waals surface area contributed by atoms with Gasteiger partial charge in [0.25, 0.3) is 11.4 Å². The second-order valence-electron chi connectivity index (χ2n) is 9.67. The molecule has 0 saturated carbocycles. The maximum atomic E-state index is 13.5. The molecule has 1 aromatic carbocycles. The van der Waals surface area contributed by atoms with Crippen LogP contribution in [0.1, 0.15) is 50.6 Å². The fourth-order valence-corrected chi connectivity index (χ4v) is 4.96. The number of carbonyl (C=O) groups excluding carboxylic acids is 2. The van der Waals surface area contributed by atoms with Crippen LogP contribution in [-0.2, 0) is 19.0 Å². The first kappa shape index (κ1) is 23.0. The third-order valence-corrected chi connectivity index (χ3v) is 6.40. The van der Waals surface area contributed by atoms with Crippen molar-refractivity contribution < 1.29 is 23.8 Å². The van der Waals surface area contributed by atoms with Crippen molar-refractivity contribution in [2.45, 2.75) is 65.3 Å². The summed E-state index contributed by atoms with van der Waals surface area (Å²) in [4.78, 5) is 27.7. The van der Waals surface area contributed by atoms with E-state index in [1.54, 1.807) is 6.20 Å². The molecule has 0 bridgehead atoms. The summed E-state index contributed by atoms with van der Waals surface area (Å²) in [7, 11) is 0. The molecule has 2 aromatic rings. The fourth-order valence-electron chi connectivity index (χ4n) is 4.96. The van der Waals surface area contributed by atoms with E-state index in [-0.39, 0.29) is 29.6 Å². The van der Waals surface area contributed by atoms with Gasteiger partial charge in [0, 0.05) is 29.2 Å². The molecule has 3 heterocycles. The highest BCUT2D eigenvalue weighted by molar-refractivity contribution is 6.15. The summed E-state index contributed by atoms with van der Waals surface area (Å²) < 4.78 is 19.7. The Labute approximate surface area is 205 Å². The lowest BCUT2D eigenvalue weighted by molar-refractivity contribution is -0.143. The van der Waals surface area contributed by atoms with Gasteiger partial charge in [-0.1, -0.05) is 24.3 Å². The van der Waals surface area contributed by atoms with Crippen LogP contribution in [0.5, 0.6) is 0 Å². The zero-order valence-electron chi connectivity index (χ0n) is 20.9. The van der Waals surface area contributed by atoms with Gasteiger partial charge in [0.2, 0.25) is 11.5 Å². The minimum Gasteiger partial charge on any atom is -0.486 e. The molecule has 182 valence electrons. The summed E-state index contributed by atoms with van der Waals surface area (Å²) in [6, 6.07) is 12.3. The molecule has 2 atom stereocenters. The van der Waals surface area contributed by atoms with Crippen LogP contribution in [0.2, 0.25) is 0 Å². The molecule has 1 fully saturated rings. The van der Waals surface area contributed by atoms with Gasteiger partial charge in [-0.05, 0) is 71.4 Å². The molecule has 7 nitrogen and oxygen atoms in total. The molecule has 2 unspecified atom stereocenters.